The van der Waals surface area contributed by atoms with Crippen LogP contribution in [-0.4, -0.2) is 29.1 Å². The predicted molar refractivity (Wildman–Crippen MR) is 75.5 cm³/mol. The molecule has 1 fully saturated rings. The van der Waals surface area contributed by atoms with Crippen LogP contribution in [0.3, 0.4) is 0 Å². The van der Waals surface area contributed by atoms with Gasteiger partial charge in [0.25, 0.3) is 5.91 Å². The first-order valence-electron chi connectivity index (χ1n) is 7.11. The highest BCUT2D eigenvalue weighted by molar-refractivity contribution is 5.95. The summed E-state index contributed by atoms with van der Waals surface area (Å²) in [5.74, 6) is 0.712. The molecule has 104 valence electrons. The molecule has 2 heterocycles. The maximum Gasteiger partial charge on any atom is 0.259 e. The van der Waals surface area contributed by atoms with Crippen molar-refractivity contribution in [2.24, 2.45) is 0 Å². The van der Waals surface area contributed by atoms with Gasteiger partial charge in [0.2, 0.25) is 0 Å². The Balaban J connectivity index is 1.77. The summed E-state index contributed by atoms with van der Waals surface area (Å²) in [7, 11) is 0. The quantitative estimate of drug-likeness (QED) is 0.861. The van der Waals surface area contributed by atoms with Crippen LogP contribution in [0.25, 0.3) is 0 Å². The van der Waals surface area contributed by atoms with E-state index in [-0.39, 0.29) is 5.91 Å². The molecule has 4 nitrogen and oxygen atoms in total. The Morgan fingerprint density at radius 1 is 1.15 bits per heavy atom. The molecule has 0 radical (unpaired) electrons. The van der Waals surface area contributed by atoms with Crippen molar-refractivity contribution in [3.05, 3.63) is 53.4 Å². The molecule has 0 unspecified atom stereocenters. The second kappa shape index (κ2) is 5.90. The third-order valence-corrected chi connectivity index (χ3v) is 3.73. The highest BCUT2D eigenvalue weighted by Gasteiger charge is 2.23. The minimum Gasteiger partial charge on any atom is -0.360 e. The van der Waals surface area contributed by atoms with Crippen molar-refractivity contribution in [2.45, 2.75) is 25.7 Å². The Morgan fingerprint density at radius 2 is 1.90 bits per heavy atom. The highest BCUT2D eigenvalue weighted by atomic mass is 16.5. The summed E-state index contributed by atoms with van der Waals surface area (Å²) in [4.78, 5) is 14.4. The minimum absolute atomic E-state index is 0.0527. The molecule has 4 heteroatoms. The van der Waals surface area contributed by atoms with Crippen molar-refractivity contribution < 1.29 is 9.32 Å². The van der Waals surface area contributed by atoms with Gasteiger partial charge in [-0.25, -0.2) is 0 Å². The van der Waals surface area contributed by atoms with Crippen molar-refractivity contribution in [1.29, 1.82) is 0 Å². The lowest BCUT2D eigenvalue weighted by atomic mass is 10.1. The van der Waals surface area contributed by atoms with Crippen LogP contribution in [0.2, 0.25) is 0 Å². The number of carbonyl (C=O) groups is 1. The standard InChI is InChI=1S/C16H18N2O2/c19-16(18-9-5-2-6-10-18)14-12-17-20-15(14)11-13-7-3-1-4-8-13/h1,3-4,7-8,12H,2,5-6,9-11H2. The van der Waals surface area contributed by atoms with E-state index in [1.54, 1.807) is 6.20 Å². The van der Waals surface area contributed by atoms with Gasteiger partial charge < -0.3 is 9.42 Å². The van der Waals surface area contributed by atoms with E-state index >= 15 is 0 Å². The second-order valence-electron chi connectivity index (χ2n) is 5.18. The van der Waals surface area contributed by atoms with Crippen LogP contribution in [0.5, 0.6) is 0 Å². The maximum atomic E-state index is 12.5. The minimum atomic E-state index is 0.0527. The molecule has 1 aromatic carbocycles. The lowest BCUT2D eigenvalue weighted by Gasteiger charge is -2.26. The average molecular weight is 270 g/mol. The van der Waals surface area contributed by atoms with Crippen LogP contribution in [0, 0.1) is 0 Å². The molecule has 0 aliphatic carbocycles. The number of nitrogens with zero attached hydrogens (tertiary/aromatic N) is 2. The predicted octanol–water partition coefficient (Wildman–Crippen LogP) is 2.89. The van der Waals surface area contributed by atoms with Gasteiger partial charge in [-0.1, -0.05) is 35.5 Å². The lowest BCUT2D eigenvalue weighted by Crippen LogP contribution is -2.35. The third-order valence-electron chi connectivity index (χ3n) is 3.73. The highest BCUT2D eigenvalue weighted by Crippen LogP contribution is 2.18. The van der Waals surface area contributed by atoms with Gasteiger partial charge in [0.05, 0.1) is 6.20 Å². The van der Waals surface area contributed by atoms with Crippen molar-refractivity contribution in [3.8, 4) is 0 Å². The maximum absolute atomic E-state index is 12.5. The van der Waals surface area contributed by atoms with Crippen LogP contribution in [-0.2, 0) is 6.42 Å². The van der Waals surface area contributed by atoms with Crippen LogP contribution in [0.4, 0.5) is 0 Å². The Labute approximate surface area is 118 Å². The first kappa shape index (κ1) is 12.9. The zero-order chi connectivity index (χ0) is 13.8. The second-order valence-corrected chi connectivity index (χ2v) is 5.18. The van der Waals surface area contributed by atoms with Crippen molar-refractivity contribution in [2.75, 3.05) is 13.1 Å². The first-order valence-corrected chi connectivity index (χ1v) is 7.11. The lowest BCUT2D eigenvalue weighted by molar-refractivity contribution is 0.0722. The van der Waals surface area contributed by atoms with E-state index in [2.05, 4.69) is 5.16 Å². The van der Waals surface area contributed by atoms with Gasteiger partial charge in [-0.05, 0) is 24.8 Å². The van der Waals surface area contributed by atoms with Gasteiger partial charge >= 0.3 is 0 Å². The molecule has 1 saturated heterocycles. The SMILES string of the molecule is O=C(c1cnoc1Cc1ccccc1)N1CCCCC1. The summed E-state index contributed by atoms with van der Waals surface area (Å²) in [6.07, 6.45) is 5.55. The number of rotatable bonds is 3. The Bertz CT molecular complexity index is 571. The number of carbonyl (C=O) groups excluding carboxylic acids is 1. The number of hydrogen-bond donors (Lipinski definition) is 0. The van der Waals surface area contributed by atoms with E-state index in [0.717, 1.165) is 31.5 Å². The molecule has 3 rings (SSSR count). The zero-order valence-corrected chi connectivity index (χ0v) is 11.4. The van der Waals surface area contributed by atoms with Crippen LogP contribution in [0.15, 0.2) is 41.1 Å². The van der Waals surface area contributed by atoms with Crippen molar-refractivity contribution in [1.82, 2.24) is 10.1 Å². The van der Waals surface area contributed by atoms with E-state index < -0.39 is 0 Å². The molecule has 0 bridgehead atoms. The normalized spacial score (nSPS) is 15.3. The third kappa shape index (κ3) is 2.74. The van der Waals surface area contributed by atoms with Crippen molar-refractivity contribution >= 4 is 5.91 Å². The summed E-state index contributed by atoms with van der Waals surface area (Å²) in [6.45, 7) is 1.68. The van der Waals surface area contributed by atoms with Crippen LogP contribution >= 0.6 is 0 Å². The molecule has 2 aromatic rings. The van der Waals surface area contributed by atoms with E-state index in [9.17, 15) is 4.79 Å². The van der Waals surface area contributed by atoms with Gasteiger partial charge in [0, 0.05) is 19.5 Å². The van der Waals surface area contributed by atoms with E-state index in [0.29, 0.717) is 17.7 Å². The fourth-order valence-electron chi connectivity index (χ4n) is 2.61. The number of piperidine rings is 1. The van der Waals surface area contributed by atoms with Gasteiger partial charge in [-0.15, -0.1) is 0 Å². The smallest absolute Gasteiger partial charge is 0.259 e. The zero-order valence-electron chi connectivity index (χ0n) is 11.4. The summed E-state index contributed by atoms with van der Waals surface area (Å²) < 4.78 is 5.28. The van der Waals surface area contributed by atoms with Crippen molar-refractivity contribution in [3.63, 3.8) is 0 Å². The number of hydrogen-bond acceptors (Lipinski definition) is 3. The Kier molecular flexibility index (Phi) is 3.81. The molecule has 20 heavy (non-hydrogen) atoms. The molecule has 0 atom stereocenters. The van der Waals surface area contributed by atoms with Gasteiger partial charge in [-0.2, -0.15) is 0 Å². The monoisotopic (exact) mass is 270 g/mol. The topological polar surface area (TPSA) is 46.3 Å². The molecular formula is C16H18N2O2. The molecule has 0 spiro atoms. The number of amides is 1. The van der Waals surface area contributed by atoms with Gasteiger partial charge in [0.1, 0.15) is 5.56 Å². The molecule has 1 aromatic heterocycles. The Hall–Kier alpha value is -2.10. The number of aromatic nitrogens is 1. The summed E-state index contributed by atoms with van der Waals surface area (Å²) >= 11 is 0. The number of benzene rings is 1. The molecule has 0 saturated carbocycles. The molecule has 1 aliphatic heterocycles. The fraction of sp³-hybridized carbons (Fsp3) is 0.375. The molecule has 1 amide bonds. The van der Waals surface area contributed by atoms with E-state index in [1.807, 2.05) is 35.2 Å². The van der Waals surface area contributed by atoms with Gasteiger partial charge in [-0.3, -0.25) is 4.79 Å². The summed E-state index contributed by atoms with van der Waals surface area (Å²) in [5, 5.41) is 3.81. The van der Waals surface area contributed by atoms with Crippen LogP contribution in [0.1, 0.15) is 40.9 Å². The average Bonchev–Trinajstić information content (AvgIpc) is 2.96. The molecule has 1 aliphatic rings. The number of likely N-dealkylation sites (tertiary alicyclic amines) is 1. The fourth-order valence-corrected chi connectivity index (χ4v) is 2.61. The van der Waals surface area contributed by atoms with E-state index in [4.69, 9.17) is 4.52 Å². The summed E-state index contributed by atoms with van der Waals surface area (Å²) in [6, 6.07) is 9.99. The summed E-state index contributed by atoms with van der Waals surface area (Å²) in [5.41, 5.74) is 1.73. The Morgan fingerprint density at radius 3 is 2.65 bits per heavy atom. The molecular weight excluding hydrogens is 252 g/mol. The van der Waals surface area contributed by atoms with Gasteiger partial charge in [0.15, 0.2) is 5.76 Å². The van der Waals surface area contributed by atoms with Crippen LogP contribution < -0.4 is 0 Å². The first-order chi connectivity index (χ1) is 9.84. The van der Waals surface area contributed by atoms with E-state index in [1.165, 1.54) is 6.42 Å². The largest absolute Gasteiger partial charge is 0.360 e. The molecule has 0 N–H and O–H groups in total.